The number of hydrogen-bond donors (Lipinski definition) is 0. The molecule has 0 saturated carbocycles. The maximum absolute atomic E-state index is 10.7. The minimum atomic E-state index is 0.552. The van der Waals surface area contributed by atoms with Gasteiger partial charge < -0.3 is 4.57 Å². The summed E-state index contributed by atoms with van der Waals surface area (Å²) >= 11 is 3.42. The zero-order valence-corrected chi connectivity index (χ0v) is 9.76. The molecule has 0 N–H and O–H groups in total. The molecule has 0 spiro atoms. The van der Waals surface area contributed by atoms with Crippen molar-refractivity contribution in [3.63, 3.8) is 0 Å². The van der Waals surface area contributed by atoms with Gasteiger partial charge in [-0.25, -0.2) is 0 Å². The van der Waals surface area contributed by atoms with Gasteiger partial charge in [-0.05, 0) is 34.8 Å². The van der Waals surface area contributed by atoms with E-state index in [1.54, 1.807) is 0 Å². The lowest BCUT2D eigenvalue weighted by Crippen LogP contribution is -2.09. The molecule has 13 heavy (non-hydrogen) atoms. The number of rotatable bonds is 3. The lowest BCUT2D eigenvalue weighted by atomic mass is 10.2. The molecule has 0 amide bonds. The number of aldehydes is 1. The van der Waals surface area contributed by atoms with E-state index in [1.165, 1.54) is 0 Å². The van der Waals surface area contributed by atoms with E-state index in [9.17, 15) is 4.79 Å². The molecule has 0 aliphatic carbocycles. The van der Waals surface area contributed by atoms with Gasteiger partial charge >= 0.3 is 0 Å². The highest BCUT2D eigenvalue weighted by molar-refractivity contribution is 9.10. The summed E-state index contributed by atoms with van der Waals surface area (Å²) in [6.45, 7) is 7.19. The van der Waals surface area contributed by atoms with Crippen LogP contribution < -0.4 is 0 Å². The van der Waals surface area contributed by atoms with Crippen molar-refractivity contribution >= 4 is 22.2 Å². The molecule has 0 aliphatic heterocycles. The molecule has 0 fully saturated rings. The SMILES string of the molecule is Cc1c(Br)cc(C=O)n1CC(C)C. The number of carbonyl (C=O) groups excluding carboxylic acids is 1. The summed E-state index contributed by atoms with van der Waals surface area (Å²) in [5.41, 5.74) is 1.87. The molecule has 0 unspecified atom stereocenters. The quantitative estimate of drug-likeness (QED) is 0.749. The Labute approximate surface area is 87.1 Å². The normalized spacial score (nSPS) is 10.8. The molecule has 1 aromatic heterocycles. The first kappa shape index (κ1) is 10.5. The number of aromatic nitrogens is 1. The van der Waals surface area contributed by atoms with E-state index in [4.69, 9.17) is 0 Å². The van der Waals surface area contributed by atoms with Crippen LogP contribution in [0.5, 0.6) is 0 Å². The van der Waals surface area contributed by atoms with Crippen LogP contribution in [0.25, 0.3) is 0 Å². The van der Waals surface area contributed by atoms with Gasteiger partial charge in [0, 0.05) is 16.7 Å². The zero-order valence-electron chi connectivity index (χ0n) is 8.17. The lowest BCUT2D eigenvalue weighted by Gasteiger charge is -2.10. The summed E-state index contributed by atoms with van der Waals surface area (Å²) in [5.74, 6) is 0.552. The number of hydrogen-bond acceptors (Lipinski definition) is 1. The Morgan fingerprint density at radius 1 is 1.62 bits per heavy atom. The van der Waals surface area contributed by atoms with Crippen LogP contribution in [0.1, 0.15) is 30.0 Å². The Hall–Kier alpha value is -0.570. The van der Waals surface area contributed by atoms with E-state index >= 15 is 0 Å². The smallest absolute Gasteiger partial charge is 0.166 e. The molecule has 72 valence electrons. The van der Waals surface area contributed by atoms with Crippen molar-refractivity contribution in [3.05, 3.63) is 21.9 Å². The average molecular weight is 244 g/mol. The van der Waals surface area contributed by atoms with Crippen LogP contribution in [0.4, 0.5) is 0 Å². The highest BCUT2D eigenvalue weighted by atomic mass is 79.9. The fourth-order valence-electron chi connectivity index (χ4n) is 1.34. The number of carbonyl (C=O) groups is 1. The summed E-state index contributed by atoms with van der Waals surface area (Å²) in [6.07, 6.45) is 0.903. The van der Waals surface area contributed by atoms with Gasteiger partial charge in [-0.1, -0.05) is 13.8 Å². The third-order valence-corrected chi connectivity index (χ3v) is 2.81. The summed E-state index contributed by atoms with van der Waals surface area (Å²) in [4.78, 5) is 10.7. The van der Waals surface area contributed by atoms with Gasteiger partial charge in [0.2, 0.25) is 0 Å². The molecule has 3 heteroatoms. The molecular formula is C10H14BrNO. The number of nitrogens with zero attached hydrogens (tertiary/aromatic N) is 1. The van der Waals surface area contributed by atoms with Crippen LogP contribution in [0, 0.1) is 12.8 Å². The number of halogens is 1. The molecule has 0 aliphatic rings. The standard InChI is InChI=1S/C10H14BrNO/c1-7(2)5-12-8(3)10(11)4-9(12)6-13/h4,6-7H,5H2,1-3H3. The summed E-state index contributed by atoms with van der Waals surface area (Å²) in [6, 6.07) is 1.87. The van der Waals surface area contributed by atoms with Crippen molar-refractivity contribution in [3.8, 4) is 0 Å². The van der Waals surface area contributed by atoms with Crippen molar-refractivity contribution in [2.45, 2.75) is 27.3 Å². The van der Waals surface area contributed by atoms with Crippen LogP contribution in [-0.2, 0) is 6.54 Å². The molecule has 0 radical (unpaired) electrons. The van der Waals surface area contributed by atoms with Gasteiger partial charge in [0.05, 0.1) is 5.69 Å². The highest BCUT2D eigenvalue weighted by Gasteiger charge is 2.09. The van der Waals surface area contributed by atoms with E-state index in [0.29, 0.717) is 5.92 Å². The van der Waals surface area contributed by atoms with E-state index in [-0.39, 0.29) is 0 Å². The predicted octanol–water partition coefficient (Wildman–Crippen LogP) is 3.03. The minimum absolute atomic E-state index is 0.552. The predicted molar refractivity (Wildman–Crippen MR) is 57.1 cm³/mol. The monoisotopic (exact) mass is 243 g/mol. The van der Waals surface area contributed by atoms with Gasteiger partial charge in [-0.3, -0.25) is 4.79 Å². The van der Waals surface area contributed by atoms with Crippen LogP contribution in [0.3, 0.4) is 0 Å². The fraction of sp³-hybridized carbons (Fsp3) is 0.500. The largest absolute Gasteiger partial charge is 0.341 e. The van der Waals surface area contributed by atoms with Crippen molar-refractivity contribution in [2.75, 3.05) is 0 Å². The molecule has 0 aromatic carbocycles. The third kappa shape index (κ3) is 2.21. The van der Waals surface area contributed by atoms with Crippen molar-refractivity contribution in [1.29, 1.82) is 0 Å². The van der Waals surface area contributed by atoms with E-state index < -0.39 is 0 Å². The Kier molecular flexibility index (Phi) is 3.31. The van der Waals surface area contributed by atoms with Crippen molar-refractivity contribution in [1.82, 2.24) is 4.57 Å². The van der Waals surface area contributed by atoms with Crippen LogP contribution in [-0.4, -0.2) is 10.9 Å². The highest BCUT2D eigenvalue weighted by Crippen LogP contribution is 2.21. The van der Waals surface area contributed by atoms with E-state index in [0.717, 1.165) is 28.7 Å². The molecular weight excluding hydrogens is 230 g/mol. The van der Waals surface area contributed by atoms with Gasteiger partial charge in [0.15, 0.2) is 6.29 Å². The molecule has 0 atom stereocenters. The van der Waals surface area contributed by atoms with Gasteiger partial charge in [-0.2, -0.15) is 0 Å². The molecule has 0 saturated heterocycles. The first-order valence-corrected chi connectivity index (χ1v) is 5.16. The van der Waals surface area contributed by atoms with Crippen molar-refractivity contribution in [2.24, 2.45) is 5.92 Å². The Morgan fingerprint density at radius 3 is 2.69 bits per heavy atom. The Bertz CT molecular complexity index is 315. The second kappa shape index (κ2) is 4.09. The van der Waals surface area contributed by atoms with E-state index in [2.05, 4.69) is 29.8 Å². The maximum atomic E-state index is 10.7. The summed E-state index contributed by atoms with van der Waals surface area (Å²) in [7, 11) is 0. The molecule has 1 aromatic rings. The van der Waals surface area contributed by atoms with Gasteiger partial charge in [0.25, 0.3) is 0 Å². The first-order valence-electron chi connectivity index (χ1n) is 4.37. The summed E-state index contributed by atoms with van der Waals surface area (Å²) < 4.78 is 3.05. The molecule has 1 heterocycles. The summed E-state index contributed by atoms with van der Waals surface area (Å²) in [5, 5.41) is 0. The molecule has 2 nitrogen and oxygen atoms in total. The minimum Gasteiger partial charge on any atom is -0.341 e. The van der Waals surface area contributed by atoms with Gasteiger partial charge in [0.1, 0.15) is 0 Å². The Morgan fingerprint density at radius 2 is 2.23 bits per heavy atom. The zero-order chi connectivity index (χ0) is 10.0. The van der Waals surface area contributed by atoms with Gasteiger partial charge in [-0.15, -0.1) is 0 Å². The third-order valence-electron chi connectivity index (χ3n) is 2.01. The molecule has 1 rings (SSSR count). The Balaban J connectivity index is 3.08. The fourth-order valence-corrected chi connectivity index (χ4v) is 1.79. The lowest BCUT2D eigenvalue weighted by molar-refractivity contribution is 0.111. The average Bonchev–Trinajstić information content (AvgIpc) is 2.31. The first-order chi connectivity index (χ1) is 6.06. The maximum Gasteiger partial charge on any atom is 0.166 e. The second-order valence-electron chi connectivity index (χ2n) is 3.62. The van der Waals surface area contributed by atoms with Crippen LogP contribution >= 0.6 is 15.9 Å². The van der Waals surface area contributed by atoms with E-state index in [1.807, 2.05) is 17.6 Å². The van der Waals surface area contributed by atoms with Crippen LogP contribution in [0.2, 0.25) is 0 Å². The molecule has 0 bridgehead atoms. The topological polar surface area (TPSA) is 22.0 Å². The van der Waals surface area contributed by atoms with Crippen molar-refractivity contribution < 1.29 is 4.79 Å². The second-order valence-corrected chi connectivity index (χ2v) is 4.48. The van der Waals surface area contributed by atoms with Crippen LogP contribution in [0.15, 0.2) is 10.5 Å².